The van der Waals surface area contributed by atoms with Crippen LogP contribution in [0.25, 0.3) is 0 Å². The lowest BCUT2D eigenvalue weighted by atomic mass is 10.0. The van der Waals surface area contributed by atoms with Crippen molar-refractivity contribution in [3.63, 3.8) is 0 Å². The van der Waals surface area contributed by atoms with E-state index in [1.54, 1.807) is 12.3 Å². The van der Waals surface area contributed by atoms with Gasteiger partial charge in [-0.2, -0.15) is 0 Å². The standard InChI is InChI=1S/C13H15FN2S2/c1-2-10(15)8-9-4-3-5-11(14)12(9)18-13-16-6-7-17-13/h3-7,10H,2,8,15H2,1H3. The van der Waals surface area contributed by atoms with Gasteiger partial charge in [0, 0.05) is 17.6 Å². The number of thiazole rings is 1. The third-order valence-corrected chi connectivity index (χ3v) is 4.70. The molecule has 0 aliphatic rings. The lowest BCUT2D eigenvalue weighted by Crippen LogP contribution is -2.21. The number of hydrogen-bond acceptors (Lipinski definition) is 4. The van der Waals surface area contributed by atoms with Crippen LogP contribution in [0, 0.1) is 5.82 Å². The van der Waals surface area contributed by atoms with Crippen molar-refractivity contribution in [3.05, 3.63) is 41.2 Å². The zero-order chi connectivity index (χ0) is 13.0. The molecule has 0 aliphatic heterocycles. The Labute approximate surface area is 114 Å². The van der Waals surface area contributed by atoms with Gasteiger partial charge in [0.15, 0.2) is 4.34 Å². The monoisotopic (exact) mass is 282 g/mol. The molecular formula is C13H15FN2S2. The fraction of sp³-hybridized carbons (Fsp3) is 0.308. The number of nitrogens with two attached hydrogens (primary N) is 1. The molecule has 2 nitrogen and oxygen atoms in total. The summed E-state index contributed by atoms with van der Waals surface area (Å²) in [5, 5.41) is 1.89. The maximum absolute atomic E-state index is 13.9. The van der Waals surface area contributed by atoms with Crippen LogP contribution in [0.3, 0.4) is 0 Å². The van der Waals surface area contributed by atoms with Gasteiger partial charge in [0.1, 0.15) is 5.82 Å². The Bertz CT molecular complexity index is 500. The number of aromatic nitrogens is 1. The van der Waals surface area contributed by atoms with E-state index in [4.69, 9.17) is 5.73 Å². The molecule has 1 atom stereocenters. The third kappa shape index (κ3) is 3.31. The zero-order valence-electron chi connectivity index (χ0n) is 10.1. The highest BCUT2D eigenvalue weighted by atomic mass is 32.2. The second-order valence-corrected chi connectivity index (χ2v) is 6.15. The van der Waals surface area contributed by atoms with Gasteiger partial charge in [-0.25, -0.2) is 9.37 Å². The molecule has 0 fully saturated rings. The van der Waals surface area contributed by atoms with E-state index in [9.17, 15) is 4.39 Å². The van der Waals surface area contributed by atoms with E-state index >= 15 is 0 Å². The summed E-state index contributed by atoms with van der Waals surface area (Å²) in [6.45, 7) is 2.04. The summed E-state index contributed by atoms with van der Waals surface area (Å²) in [5.41, 5.74) is 6.92. The van der Waals surface area contributed by atoms with Crippen LogP contribution in [-0.4, -0.2) is 11.0 Å². The minimum atomic E-state index is -0.198. The van der Waals surface area contributed by atoms with Gasteiger partial charge in [0.2, 0.25) is 0 Å². The molecule has 0 spiro atoms. The summed E-state index contributed by atoms with van der Waals surface area (Å²) in [7, 11) is 0. The van der Waals surface area contributed by atoms with Gasteiger partial charge in [-0.05, 0) is 24.5 Å². The van der Waals surface area contributed by atoms with Gasteiger partial charge < -0.3 is 5.73 Å². The van der Waals surface area contributed by atoms with Gasteiger partial charge >= 0.3 is 0 Å². The Morgan fingerprint density at radius 2 is 2.33 bits per heavy atom. The number of rotatable bonds is 5. The van der Waals surface area contributed by atoms with Crippen LogP contribution in [0.5, 0.6) is 0 Å². The molecule has 1 aromatic carbocycles. The SMILES string of the molecule is CCC(N)Cc1cccc(F)c1Sc1nccs1. The maximum atomic E-state index is 13.9. The van der Waals surface area contributed by atoms with E-state index < -0.39 is 0 Å². The van der Waals surface area contributed by atoms with Gasteiger partial charge in [0.05, 0.1) is 4.90 Å². The van der Waals surface area contributed by atoms with Crippen LogP contribution >= 0.6 is 23.1 Å². The van der Waals surface area contributed by atoms with Crippen molar-refractivity contribution in [1.82, 2.24) is 4.98 Å². The van der Waals surface area contributed by atoms with E-state index in [1.165, 1.54) is 29.2 Å². The summed E-state index contributed by atoms with van der Waals surface area (Å²) < 4.78 is 14.8. The van der Waals surface area contributed by atoms with E-state index in [2.05, 4.69) is 4.98 Å². The first kappa shape index (κ1) is 13.5. The number of nitrogens with zero attached hydrogens (tertiary/aromatic N) is 1. The molecule has 2 N–H and O–H groups in total. The molecule has 0 radical (unpaired) electrons. The molecule has 2 aromatic rings. The van der Waals surface area contributed by atoms with Crippen molar-refractivity contribution >= 4 is 23.1 Å². The van der Waals surface area contributed by atoms with Crippen LogP contribution < -0.4 is 5.73 Å². The minimum Gasteiger partial charge on any atom is -0.327 e. The highest BCUT2D eigenvalue weighted by Crippen LogP contribution is 2.34. The van der Waals surface area contributed by atoms with Crippen molar-refractivity contribution in [1.29, 1.82) is 0 Å². The Balaban J connectivity index is 2.26. The van der Waals surface area contributed by atoms with Gasteiger partial charge in [-0.15, -0.1) is 11.3 Å². The third-order valence-electron chi connectivity index (χ3n) is 2.65. The normalized spacial score (nSPS) is 12.6. The first-order chi connectivity index (χ1) is 8.70. The smallest absolute Gasteiger partial charge is 0.154 e. The van der Waals surface area contributed by atoms with Crippen molar-refractivity contribution in [2.45, 2.75) is 35.0 Å². The summed E-state index contributed by atoms with van der Waals surface area (Å²) in [6.07, 6.45) is 3.31. The molecule has 5 heteroatoms. The lowest BCUT2D eigenvalue weighted by Gasteiger charge is -2.12. The Hall–Kier alpha value is -0.910. The van der Waals surface area contributed by atoms with Crippen molar-refractivity contribution in [3.8, 4) is 0 Å². The molecule has 0 saturated carbocycles. The Morgan fingerprint density at radius 1 is 1.50 bits per heavy atom. The molecule has 0 amide bonds. The molecular weight excluding hydrogens is 267 g/mol. The number of halogens is 1. The second-order valence-electron chi connectivity index (χ2n) is 4.00. The molecule has 0 saturated heterocycles. The quantitative estimate of drug-likeness (QED) is 0.908. The van der Waals surface area contributed by atoms with Gasteiger partial charge in [0.25, 0.3) is 0 Å². The van der Waals surface area contributed by atoms with E-state index in [1.807, 2.05) is 18.4 Å². The maximum Gasteiger partial charge on any atom is 0.154 e. The summed E-state index contributed by atoms with van der Waals surface area (Å²) in [6, 6.07) is 5.23. The molecule has 2 rings (SSSR count). The molecule has 96 valence electrons. The number of benzene rings is 1. The molecule has 1 heterocycles. The first-order valence-electron chi connectivity index (χ1n) is 5.81. The average Bonchev–Trinajstić information content (AvgIpc) is 2.86. The zero-order valence-corrected chi connectivity index (χ0v) is 11.7. The molecule has 18 heavy (non-hydrogen) atoms. The molecule has 1 aromatic heterocycles. The van der Waals surface area contributed by atoms with Crippen LogP contribution in [0.1, 0.15) is 18.9 Å². The summed E-state index contributed by atoms with van der Waals surface area (Å²) >= 11 is 2.89. The van der Waals surface area contributed by atoms with Crippen LogP contribution in [-0.2, 0) is 6.42 Å². The second kappa shape index (κ2) is 6.31. The van der Waals surface area contributed by atoms with Crippen molar-refractivity contribution in [2.24, 2.45) is 5.73 Å². The highest BCUT2D eigenvalue weighted by molar-refractivity contribution is 8.01. The van der Waals surface area contributed by atoms with Crippen LogP contribution in [0.4, 0.5) is 4.39 Å². The molecule has 0 bridgehead atoms. The molecule has 1 unspecified atom stereocenters. The summed E-state index contributed by atoms with van der Waals surface area (Å²) in [5.74, 6) is -0.198. The first-order valence-corrected chi connectivity index (χ1v) is 7.50. The average molecular weight is 282 g/mol. The number of hydrogen-bond donors (Lipinski definition) is 1. The van der Waals surface area contributed by atoms with Crippen LogP contribution in [0.15, 0.2) is 39.0 Å². The Kier molecular flexibility index (Phi) is 4.74. The van der Waals surface area contributed by atoms with E-state index in [0.29, 0.717) is 11.3 Å². The van der Waals surface area contributed by atoms with Gasteiger partial charge in [-0.3, -0.25) is 0 Å². The van der Waals surface area contributed by atoms with Gasteiger partial charge in [-0.1, -0.05) is 30.8 Å². The highest BCUT2D eigenvalue weighted by Gasteiger charge is 2.13. The largest absolute Gasteiger partial charge is 0.327 e. The van der Waals surface area contributed by atoms with E-state index in [0.717, 1.165) is 16.3 Å². The molecule has 0 aliphatic carbocycles. The Morgan fingerprint density at radius 3 is 3.00 bits per heavy atom. The summed E-state index contributed by atoms with van der Waals surface area (Å²) in [4.78, 5) is 4.83. The fourth-order valence-corrected chi connectivity index (χ4v) is 3.31. The van der Waals surface area contributed by atoms with Crippen molar-refractivity contribution < 1.29 is 4.39 Å². The van der Waals surface area contributed by atoms with E-state index in [-0.39, 0.29) is 11.9 Å². The topological polar surface area (TPSA) is 38.9 Å². The van der Waals surface area contributed by atoms with Crippen molar-refractivity contribution in [2.75, 3.05) is 0 Å². The predicted molar refractivity (Wildman–Crippen MR) is 74.6 cm³/mol. The lowest BCUT2D eigenvalue weighted by molar-refractivity contribution is 0.585. The predicted octanol–water partition coefficient (Wildman–Crippen LogP) is 3.71. The van der Waals surface area contributed by atoms with Crippen LogP contribution in [0.2, 0.25) is 0 Å². The minimum absolute atomic E-state index is 0.0717. The fourth-order valence-electron chi connectivity index (χ4n) is 1.60.